The fraction of sp³-hybridized carbons (Fsp3) is 0.850. The molecule has 134 valence electrons. The fourth-order valence-electron chi connectivity index (χ4n) is 4.05. The largest absolute Gasteiger partial charge is 0.481 e. The zero-order chi connectivity index (χ0) is 18.3. The fourth-order valence-corrected chi connectivity index (χ4v) is 9.31. The Morgan fingerprint density at radius 2 is 1.57 bits per heavy atom. The minimum atomic E-state index is -1.71. The molecule has 0 radical (unpaired) electrons. The van der Waals surface area contributed by atoms with Crippen molar-refractivity contribution in [3.63, 3.8) is 0 Å². The van der Waals surface area contributed by atoms with Gasteiger partial charge < -0.3 is 5.11 Å². The van der Waals surface area contributed by atoms with Crippen LogP contribution < -0.4 is 0 Å². The lowest BCUT2D eigenvalue weighted by Gasteiger charge is -2.38. The molecule has 0 aliphatic heterocycles. The van der Waals surface area contributed by atoms with Gasteiger partial charge in [-0.3, -0.25) is 4.79 Å². The average molecular weight is 339 g/mol. The molecule has 0 aromatic heterocycles. The molecule has 0 aliphatic carbocycles. The number of carboxylic acid groups (broad SMARTS) is 1. The van der Waals surface area contributed by atoms with Gasteiger partial charge >= 0.3 is 5.97 Å². The Labute approximate surface area is 145 Å². The standard InChI is InChI=1S/C20H38O2Si/c1-9-10-12-20(8,15-19(21)22)13-11-14-23(16(2)3,17(4)5)18(6)7/h16-18H,9-10,12-13,15H2,1-8H3,(H,21,22). The highest BCUT2D eigenvalue weighted by atomic mass is 28.3. The van der Waals surface area contributed by atoms with Crippen LogP contribution in [-0.2, 0) is 4.79 Å². The number of hydrogen-bond acceptors (Lipinski definition) is 1. The number of rotatable bonds is 9. The molecular formula is C20H38O2Si. The third kappa shape index (κ3) is 6.34. The summed E-state index contributed by atoms with van der Waals surface area (Å²) in [5, 5.41) is 9.23. The summed E-state index contributed by atoms with van der Waals surface area (Å²) in [6.45, 7) is 18.1. The van der Waals surface area contributed by atoms with Gasteiger partial charge in [0.15, 0.2) is 0 Å². The molecule has 0 amide bonds. The minimum Gasteiger partial charge on any atom is -0.481 e. The maximum absolute atomic E-state index is 11.2. The second-order valence-electron chi connectivity index (χ2n) is 8.36. The molecule has 0 saturated heterocycles. The van der Waals surface area contributed by atoms with Crippen LogP contribution in [0.3, 0.4) is 0 Å². The topological polar surface area (TPSA) is 37.3 Å². The summed E-state index contributed by atoms with van der Waals surface area (Å²) >= 11 is 0. The van der Waals surface area contributed by atoms with Crippen LogP contribution in [0.25, 0.3) is 0 Å². The monoisotopic (exact) mass is 338 g/mol. The Bertz CT molecular complexity index is 407. The third-order valence-corrected chi connectivity index (χ3v) is 11.7. The Kier molecular flexibility index (Phi) is 9.21. The summed E-state index contributed by atoms with van der Waals surface area (Å²) in [7, 11) is -1.71. The molecule has 23 heavy (non-hydrogen) atoms. The van der Waals surface area contributed by atoms with Crippen LogP contribution in [0.4, 0.5) is 0 Å². The lowest BCUT2D eigenvalue weighted by Crippen LogP contribution is -2.43. The Morgan fingerprint density at radius 1 is 1.09 bits per heavy atom. The van der Waals surface area contributed by atoms with E-state index in [1.807, 2.05) is 0 Å². The van der Waals surface area contributed by atoms with Crippen LogP contribution in [0.5, 0.6) is 0 Å². The number of carboxylic acids is 1. The van der Waals surface area contributed by atoms with Crippen LogP contribution in [0.15, 0.2) is 0 Å². The first-order valence-corrected chi connectivity index (χ1v) is 11.5. The summed E-state index contributed by atoms with van der Waals surface area (Å²) in [6.07, 6.45) is 4.06. The van der Waals surface area contributed by atoms with Crippen LogP contribution in [0.1, 0.15) is 87.5 Å². The molecule has 0 heterocycles. The van der Waals surface area contributed by atoms with Crippen LogP contribution in [0, 0.1) is 16.9 Å². The van der Waals surface area contributed by atoms with E-state index in [1.54, 1.807) is 0 Å². The minimum absolute atomic E-state index is 0.195. The highest BCUT2D eigenvalue weighted by molar-refractivity contribution is 6.90. The van der Waals surface area contributed by atoms with E-state index >= 15 is 0 Å². The maximum atomic E-state index is 11.2. The van der Waals surface area contributed by atoms with Gasteiger partial charge in [0, 0.05) is 6.42 Å². The molecule has 0 bridgehead atoms. The number of unbranched alkanes of at least 4 members (excludes halogenated alkanes) is 1. The predicted octanol–water partition coefficient (Wildman–Crippen LogP) is 6.27. The first-order valence-electron chi connectivity index (χ1n) is 9.23. The molecule has 1 atom stereocenters. The van der Waals surface area contributed by atoms with Crippen molar-refractivity contribution in [1.29, 1.82) is 0 Å². The molecule has 0 spiro atoms. The normalized spacial score (nSPS) is 14.7. The van der Waals surface area contributed by atoms with Crippen molar-refractivity contribution in [1.82, 2.24) is 0 Å². The van der Waals surface area contributed by atoms with E-state index in [1.165, 1.54) is 0 Å². The summed E-state index contributed by atoms with van der Waals surface area (Å²) in [4.78, 5) is 11.2. The first kappa shape index (κ1) is 22.2. The summed E-state index contributed by atoms with van der Waals surface area (Å²) in [5.74, 6) is 2.77. The summed E-state index contributed by atoms with van der Waals surface area (Å²) < 4.78 is 0. The third-order valence-electron chi connectivity index (χ3n) is 5.40. The first-order chi connectivity index (χ1) is 10.5. The van der Waals surface area contributed by atoms with Crippen molar-refractivity contribution >= 4 is 14.0 Å². The Morgan fingerprint density at radius 3 is 1.91 bits per heavy atom. The van der Waals surface area contributed by atoms with Gasteiger partial charge in [-0.25, -0.2) is 0 Å². The SMILES string of the molecule is CCCCC(C)(CC#C[Si](C(C)C)(C(C)C)C(C)C)CC(=O)O. The van der Waals surface area contributed by atoms with Gasteiger partial charge in [-0.1, -0.05) is 68.2 Å². The number of carbonyl (C=O) groups is 1. The number of hydrogen-bond donors (Lipinski definition) is 1. The van der Waals surface area contributed by atoms with Crippen LogP contribution in [0.2, 0.25) is 16.6 Å². The molecule has 0 saturated carbocycles. The van der Waals surface area contributed by atoms with E-state index < -0.39 is 14.0 Å². The highest BCUT2D eigenvalue weighted by Gasteiger charge is 2.41. The smallest absolute Gasteiger partial charge is 0.303 e. The Balaban J connectivity index is 5.41. The van der Waals surface area contributed by atoms with Gasteiger partial charge in [-0.2, -0.15) is 0 Å². The van der Waals surface area contributed by atoms with E-state index in [4.69, 9.17) is 0 Å². The lowest BCUT2D eigenvalue weighted by atomic mass is 9.79. The van der Waals surface area contributed by atoms with Gasteiger partial charge in [-0.05, 0) is 28.5 Å². The van der Waals surface area contributed by atoms with E-state index in [0.717, 1.165) is 19.3 Å². The average Bonchev–Trinajstić information content (AvgIpc) is 2.39. The molecular weight excluding hydrogens is 300 g/mol. The lowest BCUT2D eigenvalue weighted by molar-refractivity contribution is -0.139. The van der Waals surface area contributed by atoms with Gasteiger partial charge in [0.1, 0.15) is 8.07 Å². The van der Waals surface area contributed by atoms with Gasteiger partial charge in [0.05, 0.1) is 6.42 Å². The van der Waals surface area contributed by atoms with Gasteiger partial charge in [0.25, 0.3) is 0 Å². The Hall–Kier alpha value is -0.753. The van der Waals surface area contributed by atoms with E-state index in [-0.39, 0.29) is 11.8 Å². The maximum Gasteiger partial charge on any atom is 0.303 e. The second-order valence-corrected chi connectivity index (χ2v) is 13.9. The molecule has 0 rings (SSSR count). The summed E-state index contributed by atoms with van der Waals surface area (Å²) in [6, 6.07) is 0. The molecule has 0 aliphatic rings. The van der Waals surface area contributed by atoms with E-state index in [0.29, 0.717) is 23.0 Å². The van der Waals surface area contributed by atoms with Crippen LogP contribution >= 0.6 is 0 Å². The highest BCUT2D eigenvalue weighted by Crippen LogP contribution is 2.41. The van der Waals surface area contributed by atoms with Crippen molar-refractivity contribution in [2.45, 2.75) is 104 Å². The zero-order valence-electron chi connectivity index (χ0n) is 16.6. The molecule has 0 fully saturated rings. The van der Waals surface area contributed by atoms with Gasteiger partial charge in [-0.15, -0.1) is 11.5 Å². The molecule has 0 aromatic carbocycles. The predicted molar refractivity (Wildman–Crippen MR) is 103 cm³/mol. The van der Waals surface area contributed by atoms with Crippen molar-refractivity contribution < 1.29 is 9.90 Å². The quantitative estimate of drug-likeness (QED) is 0.397. The van der Waals surface area contributed by atoms with Crippen molar-refractivity contribution in [3.8, 4) is 11.5 Å². The van der Waals surface area contributed by atoms with Crippen LogP contribution in [-0.4, -0.2) is 19.1 Å². The van der Waals surface area contributed by atoms with E-state index in [9.17, 15) is 9.90 Å². The summed E-state index contributed by atoms with van der Waals surface area (Å²) in [5.41, 5.74) is 5.40. The zero-order valence-corrected chi connectivity index (χ0v) is 17.6. The molecule has 0 aromatic rings. The molecule has 2 nitrogen and oxygen atoms in total. The van der Waals surface area contributed by atoms with Crippen molar-refractivity contribution in [2.24, 2.45) is 5.41 Å². The molecule has 1 N–H and O–H groups in total. The number of aliphatic carboxylic acids is 1. The van der Waals surface area contributed by atoms with Gasteiger partial charge in [0.2, 0.25) is 0 Å². The van der Waals surface area contributed by atoms with Crippen molar-refractivity contribution in [3.05, 3.63) is 0 Å². The van der Waals surface area contributed by atoms with Crippen molar-refractivity contribution in [2.75, 3.05) is 0 Å². The molecule has 3 heteroatoms. The molecule has 1 unspecified atom stereocenters. The second kappa shape index (κ2) is 9.52. The van der Waals surface area contributed by atoms with E-state index in [2.05, 4.69) is 66.9 Å².